The quantitative estimate of drug-likeness (QED) is 0.665. The third-order valence-corrected chi connectivity index (χ3v) is 4.57. The summed E-state index contributed by atoms with van der Waals surface area (Å²) in [5.41, 5.74) is 1.56. The highest BCUT2D eigenvalue weighted by atomic mass is 16.7. The Morgan fingerprint density at radius 3 is 2.79 bits per heavy atom. The maximum absolute atomic E-state index is 11.9. The molecule has 0 radical (unpaired) electrons. The normalized spacial score (nSPS) is 23.0. The van der Waals surface area contributed by atoms with Crippen LogP contribution in [0.15, 0.2) is 23.4 Å². The van der Waals surface area contributed by atoms with Crippen LogP contribution in [0.4, 0.5) is 0 Å². The first-order chi connectivity index (χ1) is 11.6. The van der Waals surface area contributed by atoms with Crippen molar-refractivity contribution in [1.82, 2.24) is 5.32 Å². The van der Waals surface area contributed by atoms with Gasteiger partial charge in [0.25, 0.3) is 5.91 Å². The molecule has 0 saturated heterocycles. The molecule has 1 fully saturated rings. The molecule has 1 aliphatic heterocycles. The molecule has 0 bridgehead atoms. The van der Waals surface area contributed by atoms with E-state index in [0.29, 0.717) is 11.5 Å². The van der Waals surface area contributed by atoms with Crippen LogP contribution in [0.5, 0.6) is 11.5 Å². The SMILES string of the molecule is C/C(=N\OCC(=O)NC1CCC(C)CC1)c1ccc2c(c1)OCO2. The van der Waals surface area contributed by atoms with Gasteiger partial charge in [0.05, 0.1) is 5.71 Å². The first-order valence-corrected chi connectivity index (χ1v) is 8.48. The van der Waals surface area contributed by atoms with Gasteiger partial charge in [-0.05, 0) is 56.7 Å². The van der Waals surface area contributed by atoms with E-state index in [1.54, 1.807) is 0 Å². The summed E-state index contributed by atoms with van der Waals surface area (Å²) in [6.07, 6.45) is 4.44. The number of carbonyl (C=O) groups is 1. The highest BCUT2D eigenvalue weighted by molar-refractivity contribution is 5.99. The number of amides is 1. The summed E-state index contributed by atoms with van der Waals surface area (Å²) in [7, 11) is 0. The first kappa shape index (κ1) is 16.6. The van der Waals surface area contributed by atoms with E-state index in [4.69, 9.17) is 14.3 Å². The summed E-state index contributed by atoms with van der Waals surface area (Å²) in [6, 6.07) is 5.86. The minimum absolute atomic E-state index is 0.0616. The highest BCUT2D eigenvalue weighted by Gasteiger charge is 2.20. The Hall–Kier alpha value is -2.24. The van der Waals surface area contributed by atoms with E-state index in [1.165, 1.54) is 12.8 Å². The van der Waals surface area contributed by atoms with Gasteiger partial charge in [-0.3, -0.25) is 4.79 Å². The summed E-state index contributed by atoms with van der Waals surface area (Å²) in [5.74, 6) is 2.08. The van der Waals surface area contributed by atoms with Crippen molar-refractivity contribution in [2.45, 2.75) is 45.6 Å². The van der Waals surface area contributed by atoms with E-state index >= 15 is 0 Å². The van der Waals surface area contributed by atoms with Gasteiger partial charge in [0.2, 0.25) is 6.79 Å². The van der Waals surface area contributed by atoms with Crippen molar-refractivity contribution in [2.24, 2.45) is 11.1 Å². The Labute approximate surface area is 142 Å². The Morgan fingerprint density at radius 1 is 1.25 bits per heavy atom. The lowest BCUT2D eigenvalue weighted by Gasteiger charge is -2.26. The van der Waals surface area contributed by atoms with Gasteiger partial charge in [0, 0.05) is 11.6 Å². The van der Waals surface area contributed by atoms with Gasteiger partial charge < -0.3 is 19.6 Å². The maximum atomic E-state index is 11.9. The van der Waals surface area contributed by atoms with Crippen LogP contribution >= 0.6 is 0 Å². The van der Waals surface area contributed by atoms with E-state index in [9.17, 15) is 4.79 Å². The number of hydrogen-bond acceptors (Lipinski definition) is 5. The monoisotopic (exact) mass is 332 g/mol. The number of fused-ring (bicyclic) bond motifs is 1. The molecule has 2 aliphatic rings. The molecule has 1 saturated carbocycles. The number of carbonyl (C=O) groups excluding carboxylic acids is 1. The fraction of sp³-hybridized carbons (Fsp3) is 0.556. The number of oxime groups is 1. The number of nitrogens with one attached hydrogen (secondary N) is 1. The zero-order valence-corrected chi connectivity index (χ0v) is 14.2. The second-order valence-electron chi connectivity index (χ2n) is 6.54. The molecule has 0 aromatic heterocycles. The van der Waals surface area contributed by atoms with Crippen molar-refractivity contribution < 1.29 is 19.1 Å². The average molecular weight is 332 g/mol. The van der Waals surface area contributed by atoms with Crippen LogP contribution in [0.3, 0.4) is 0 Å². The molecular formula is C18H24N2O4. The molecule has 6 heteroatoms. The topological polar surface area (TPSA) is 69.2 Å². The van der Waals surface area contributed by atoms with E-state index in [1.807, 2.05) is 25.1 Å². The van der Waals surface area contributed by atoms with E-state index in [-0.39, 0.29) is 25.3 Å². The second-order valence-corrected chi connectivity index (χ2v) is 6.54. The highest BCUT2D eigenvalue weighted by Crippen LogP contribution is 2.32. The third-order valence-electron chi connectivity index (χ3n) is 4.57. The maximum Gasteiger partial charge on any atom is 0.260 e. The Balaban J connectivity index is 1.46. The number of rotatable bonds is 5. The third kappa shape index (κ3) is 4.19. The van der Waals surface area contributed by atoms with Crippen molar-refractivity contribution in [3.05, 3.63) is 23.8 Å². The molecule has 1 aliphatic carbocycles. The predicted octanol–water partition coefficient (Wildman–Crippen LogP) is 2.85. The molecule has 1 aromatic carbocycles. The Kier molecular flexibility index (Phi) is 5.23. The van der Waals surface area contributed by atoms with Crippen molar-refractivity contribution in [2.75, 3.05) is 13.4 Å². The van der Waals surface area contributed by atoms with Crippen molar-refractivity contribution in [3.8, 4) is 11.5 Å². The van der Waals surface area contributed by atoms with E-state index in [0.717, 1.165) is 30.1 Å². The second kappa shape index (κ2) is 7.55. The lowest BCUT2D eigenvalue weighted by atomic mass is 9.87. The van der Waals surface area contributed by atoms with E-state index in [2.05, 4.69) is 17.4 Å². The average Bonchev–Trinajstić information content (AvgIpc) is 3.04. The summed E-state index contributed by atoms with van der Waals surface area (Å²) >= 11 is 0. The van der Waals surface area contributed by atoms with Gasteiger partial charge in [0.15, 0.2) is 18.1 Å². The summed E-state index contributed by atoms with van der Waals surface area (Å²) in [4.78, 5) is 17.1. The number of hydrogen-bond donors (Lipinski definition) is 1. The largest absolute Gasteiger partial charge is 0.454 e. The van der Waals surface area contributed by atoms with Crippen molar-refractivity contribution in [3.63, 3.8) is 0 Å². The molecule has 1 aromatic rings. The van der Waals surface area contributed by atoms with Crippen LogP contribution < -0.4 is 14.8 Å². The van der Waals surface area contributed by atoms with Gasteiger partial charge >= 0.3 is 0 Å². The van der Waals surface area contributed by atoms with Crippen LogP contribution in [0.1, 0.15) is 45.1 Å². The minimum atomic E-state index is -0.114. The van der Waals surface area contributed by atoms with Gasteiger partial charge in [-0.2, -0.15) is 0 Å². The van der Waals surface area contributed by atoms with E-state index < -0.39 is 0 Å². The minimum Gasteiger partial charge on any atom is -0.454 e. The van der Waals surface area contributed by atoms with Crippen molar-refractivity contribution >= 4 is 11.6 Å². The molecule has 0 unspecified atom stereocenters. The van der Waals surface area contributed by atoms with Gasteiger partial charge in [-0.15, -0.1) is 0 Å². The molecule has 0 atom stereocenters. The van der Waals surface area contributed by atoms with Gasteiger partial charge in [-0.1, -0.05) is 12.1 Å². The Bertz CT molecular complexity index is 621. The lowest BCUT2D eigenvalue weighted by Crippen LogP contribution is -2.39. The fourth-order valence-corrected chi connectivity index (χ4v) is 3.04. The molecule has 1 heterocycles. The zero-order valence-electron chi connectivity index (χ0n) is 14.2. The predicted molar refractivity (Wildman–Crippen MR) is 90.3 cm³/mol. The van der Waals surface area contributed by atoms with Crippen LogP contribution in [-0.2, 0) is 9.63 Å². The smallest absolute Gasteiger partial charge is 0.260 e. The molecule has 24 heavy (non-hydrogen) atoms. The Morgan fingerprint density at radius 2 is 2.00 bits per heavy atom. The van der Waals surface area contributed by atoms with Gasteiger partial charge in [-0.25, -0.2) is 0 Å². The zero-order chi connectivity index (χ0) is 16.9. The molecule has 1 amide bonds. The first-order valence-electron chi connectivity index (χ1n) is 8.48. The van der Waals surface area contributed by atoms with Crippen LogP contribution in [0.2, 0.25) is 0 Å². The standard InChI is InChI=1S/C18H24N2O4/c1-12-3-6-15(7-4-12)19-18(21)10-24-20-13(2)14-5-8-16-17(9-14)23-11-22-16/h5,8-9,12,15H,3-4,6-7,10-11H2,1-2H3,(H,19,21)/b20-13+. The number of ether oxygens (including phenoxy) is 2. The van der Waals surface area contributed by atoms with Gasteiger partial charge in [0.1, 0.15) is 0 Å². The summed E-state index contributed by atoms with van der Waals surface area (Å²) in [6.45, 7) is 4.27. The molecular weight excluding hydrogens is 308 g/mol. The number of benzene rings is 1. The van der Waals surface area contributed by atoms with Crippen LogP contribution in [0.25, 0.3) is 0 Å². The summed E-state index contributed by atoms with van der Waals surface area (Å²) < 4.78 is 10.6. The van der Waals surface area contributed by atoms with Crippen molar-refractivity contribution in [1.29, 1.82) is 0 Å². The van der Waals surface area contributed by atoms with Crippen LogP contribution in [-0.4, -0.2) is 31.1 Å². The number of nitrogens with zero attached hydrogens (tertiary/aromatic N) is 1. The summed E-state index contributed by atoms with van der Waals surface area (Å²) in [5, 5.41) is 7.04. The molecule has 0 spiro atoms. The molecule has 3 rings (SSSR count). The fourth-order valence-electron chi connectivity index (χ4n) is 3.04. The molecule has 6 nitrogen and oxygen atoms in total. The molecule has 130 valence electrons. The lowest BCUT2D eigenvalue weighted by molar-refractivity contribution is -0.126. The molecule has 1 N–H and O–H groups in total. The van der Waals surface area contributed by atoms with Crippen LogP contribution in [0, 0.1) is 5.92 Å².